The number of hydrogen-bond donors (Lipinski definition) is 2. The first kappa shape index (κ1) is 14.6. The molecular formula is C14H21N3O3. The van der Waals surface area contributed by atoms with Crippen LogP contribution in [0.15, 0.2) is 18.2 Å². The Bertz CT molecular complexity index is 473. The molecule has 1 fully saturated rings. The number of nitrogens with zero attached hydrogens (tertiary/aromatic N) is 1. The number of rotatable bonds is 5. The van der Waals surface area contributed by atoms with Crippen LogP contribution >= 0.6 is 0 Å². The molecular weight excluding hydrogens is 258 g/mol. The first-order valence-corrected chi connectivity index (χ1v) is 6.64. The smallest absolute Gasteiger partial charge is 0.239 e. The van der Waals surface area contributed by atoms with Crippen LogP contribution in [0.5, 0.6) is 11.5 Å². The van der Waals surface area contributed by atoms with Crippen molar-refractivity contribution < 1.29 is 14.3 Å². The number of benzene rings is 1. The molecule has 1 aliphatic heterocycles. The van der Waals surface area contributed by atoms with E-state index in [4.69, 9.17) is 15.2 Å². The molecule has 1 amide bonds. The number of hydrogen-bond acceptors (Lipinski definition) is 5. The van der Waals surface area contributed by atoms with Crippen molar-refractivity contribution in [3.05, 3.63) is 23.8 Å². The van der Waals surface area contributed by atoms with Gasteiger partial charge in [0.15, 0.2) is 11.5 Å². The van der Waals surface area contributed by atoms with Crippen LogP contribution in [0.1, 0.15) is 11.6 Å². The van der Waals surface area contributed by atoms with E-state index in [9.17, 15) is 4.79 Å². The van der Waals surface area contributed by atoms with Crippen LogP contribution in [0.4, 0.5) is 0 Å². The van der Waals surface area contributed by atoms with E-state index >= 15 is 0 Å². The SMILES string of the molecule is COc1cccc(C(C(N)=O)N2CCNCC2)c1OC. The van der Waals surface area contributed by atoms with E-state index in [2.05, 4.69) is 10.2 Å². The zero-order valence-electron chi connectivity index (χ0n) is 11.9. The van der Waals surface area contributed by atoms with Crippen LogP contribution in [0.2, 0.25) is 0 Å². The summed E-state index contributed by atoms with van der Waals surface area (Å²) < 4.78 is 10.7. The van der Waals surface area contributed by atoms with E-state index in [-0.39, 0.29) is 5.91 Å². The van der Waals surface area contributed by atoms with E-state index in [1.54, 1.807) is 20.3 Å². The van der Waals surface area contributed by atoms with Gasteiger partial charge in [-0.3, -0.25) is 9.69 Å². The molecule has 0 bridgehead atoms. The van der Waals surface area contributed by atoms with Gasteiger partial charge in [-0.05, 0) is 6.07 Å². The number of carbonyl (C=O) groups is 1. The van der Waals surface area contributed by atoms with Crippen LogP contribution in [-0.4, -0.2) is 51.2 Å². The van der Waals surface area contributed by atoms with E-state index in [1.807, 2.05) is 12.1 Å². The molecule has 0 aromatic heterocycles. The highest BCUT2D eigenvalue weighted by Crippen LogP contribution is 2.36. The number of ether oxygens (including phenoxy) is 2. The molecule has 1 unspecified atom stereocenters. The molecule has 1 aromatic rings. The number of methoxy groups -OCH3 is 2. The predicted octanol–water partition coefficient (Wildman–Crippen LogP) is 0.135. The lowest BCUT2D eigenvalue weighted by Gasteiger charge is -2.34. The van der Waals surface area contributed by atoms with Crippen molar-refractivity contribution in [2.24, 2.45) is 5.73 Å². The Morgan fingerprint density at radius 3 is 2.55 bits per heavy atom. The molecule has 1 aromatic carbocycles. The molecule has 1 heterocycles. The summed E-state index contributed by atoms with van der Waals surface area (Å²) in [5.41, 5.74) is 6.37. The molecule has 110 valence electrons. The second-order valence-corrected chi connectivity index (χ2v) is 4.67. The molecule has 0 saturated carbocycles. The van der Waals surface area contributed by atoms with E-state index < -0.39 is 6.04 Å². The Balaban J connectivity index is 2.40. The fourth-order valence-electron chi connectivity index (χ4n) is 2.60. The van der Waals surface area contributed by atoms with Crippen LogP contribution < -0.4 is 20.5 Å². The normalized spacial score (nSPS) is 17.5. The Hall–Kier alpha value is -1.79. The predicted molar refractivity (Wildman–Crippen MR) is 75.9 cm³/mol. The van der Waals surface area contributed by atoms with Crippen molar-refractivity contribution in [2.45, 2.75) is 6.04 Å². The molecule has 0 aliphatic carbocycles. The third kappa shape index (κ3) is 2.86. The van der Waals surface area contributed by atoms with Gasteiger partial charge in [-0.15, -0.1) is 0 Å². The first-order chi connectivity index (χ1) is 9.69. The largest absolute Gasteiger partial charge is 0.493 e. The van der Waals surface area contributed by atoms with E-state index in [1.165, 1.54) is 0 Å². The van der Waals surface area contributed by atoms with Crippen molar-refractivity contribution in [3.8, 4) is 11.5 Å². The van der Waals surface area contributed by atoms with Crippen molar-refractivity contribution in [1.29, 1.82) is 0 Å². The average Bonchev–Trinajstić information content (AvgIpc) is 2.48. The minimum atomic E-state index is -0.498. The minimum absolute atomic E-state index is 0.376. The molecule has 2 rings (SSSR count). The summed E-state index contributed by atoms with van der Waals surface area (Å²) >= 11 is 0. The Labute approximate surface area is 118 Å². The van der Waals surface area contributed by atoms with Gasteiger partial charge in [0, 0.05) is 31.7 Å². The number of nitrogens with one attached hydrogen (secondary N) is 1. The van der Waals surface area contributed by atoms with E-state index in [0.29, 0.717) is 11.5 Å². The van der Waals surface area contributed by atoms with Gasteiger partial charge in [0.25, 0.3) is 0 Å². The third-order valence-electron chi connectivity index (χ3n) is 3.51. The zero-order valence-corrected chi connectivity index (χ0v) is 11.9. The van der Waals surface area contributed by atoms with Crippen LogP contribution in [0, 0.1) is 0 Å². The molecule has 1 saturated heterocycles. The number of nitrogens with two attached hydrogens (primary N) is 1. The summed E-state index contributed by atoms with van der Waals surface area (Å²) in [6.07, 6.45) is 0. The standard InChI is InChI=1S/C14H21N3O3/c1-19-11-5-3-4-10(13(11)20-2)12(14(15)18)17-8-6-16-7-9-17/h3-5,12,16H,6-9H2,1-2H3,(H2,15,18). The Kier molecular flexibility index (Phi) is 4.81. The fraction of sp³-hybridized carbons (Fsp3) is 0.500. The number of carbonyl (C=O) groups excluding carboxylic acids is 1. The van der Waals surface area contributed by atoms with Gasteiger partial charge in [-0.25, -0.2) is 0 Å². The van der Waals surface area contributed by atoms with Gasteiger partial charge in [0.1, 0.15) is 6.04 Å². The van der Waals surface area contributed by atoms with Crippen LogP contribution in [0.3, 0.4) is 0 Å². The summed E-state index contributed by atoms with van der Waals surface area (Å²) in [6, 6.07) is 5.01. The molecule has 0 radical (unpaired) electrons. The molecule has 1 aliphatic rings. The summed E-state index contributed by atoms with van der Waals surface area (Å²) in [7, 11) is 3.14. The minimum Gasteiger partial charge on any atom is -0.493 e. The molecule has 6 heteroatoms. The summed E-state index contributed by atoms with van der Waals surface area (Å²) in [5, 5.41) is 3.26. The highest BCUT2D eigenvalue weighted by Gasteiger charge is 2.30. The quantitative estimate of drug-likeness (QED) is 0.801. The number of amides is 1. The monoisotopic (exact) mass is 279 g/mol. The Morgan fingerprint density at radius 1 is 1.30 bits per heavy atom. The van der Waals surface area contributed by atoms with Crippen molar-refractivity contribution >= 4 is 5.91 Å². The second kappa shape index (κ2) is 6.58. The number of para-hydroxylation sites is 1. The maximum Gasteiger partial charge on any atom is 0.239 e. The lowest BCUT2D eigenvalue weighted by atomic mass is 10.0. The fourth-order valence-corrected chi connectivity index (χ4v) is 2.60. The number of piperazine rings is 1. The van der Waals surface area contributed by atoms with Gasteiger partial charge in [-0.2, -0.15) is 0 Å². The van der Waals surface area contributed by atoms with Crippen molar-refractivity contribution in [1.82, 2.24) is 10.2 Å². The number of primary amides is 1. The lowest BCUT2D eigenvalue weighted by Crippen LogP contribution is -2.48. The molecule has 6 nitrogen and oxygen atoms in total. The van der Waals surface area contributed by atoms with E-state index in [0.717, 1.165) is 31.7 Å². The van der Waals surface area contributed by atoms with Gasteiger partial charge in [0.2, 0.25) is 5.91 Å². The van der Waals surface area contributed by atoms with Gasteiger partial charge in [0.05, 0.1) is 14.2 Å². The summed E-state index contributed by atoms with van der Waals surface area (Å²) in [5.74, 6) is 0.794. The molecule has 1 atom stereocenters. The Morgan fingerprint density at radius 2 is 2.00 bits per heavy atom. The van der Waals surface area contributed by atoms with Crippen molar-refractivity contribution in [2.75, 3.05) is 40.4 Å². The summed E-state index contributed by atoms with van der Waals surface area (Å²) in [4.78, 5) is 14.0. The second-order valence-electron chi connectivity index (χ2n) is 4.67. The lowest BCUT2D eigenvalue weighted by molar-refractivity contribution is -0.123. The average molecular weight is 279 g/mol. The maximum atomic E-state index is 11.9. The topological polar surface area (TPSA) is 76.8 Å². The first-order valence-electron chi connectivity index (χ1n) is 6.64. The van der Waals surface area contributed by atoms with Crippen LogP contribution in [-0.2, 0) is 4.79 Å². The highest BCUT2D eigenvalue weighted by molar-refractivity contribution is 5.82. The van der Waals surface area contributed by atoms with Gasteiger partial charge >= 0.3 is 0 Å². The summed E-state index contributed by atoms with van der Waals surface area (Å²) in [6.45, 7) is 3.23. The molecule has 20 heavy (non-hydrogen) atoms. The molecule has 3 N–H and O–H groups in total. The van der Waals surface area contributed by atoms with Crippen LogP contribution in [0.25, 0.3) is 0 Å². The van der Waals surface area contributed by atoms with Crippen molar-refractivity contribution in [3.63, 3.8) is 0 Å². The van der Waals surface area contributed by atoms with Gasteiger partial charge < -0.3 is 20.5 Å². The molecule has 0 spiro atoms. The van der Waals surface area contributed by atoms with Gasteiger partial charge in [-0.1, -0.05) is 12.1 Å². The zero-order chi connectivity index (χ0) is 14.5. The maximum absolute atomic E-state index is 11.9. The highest BCUT2D eigenvalue weighted by atomic mass is 16.5. The third-order valence-corrected chi connectivity index (χ3v) is 3.51.